The number of aryl methyl sites for hydroxylation is 2. The zero-order valence-electron chi connectivity index (χ0n) is 14.6. The van der Waals surface area contributed by atoms with Gasteiger partial charge in [-0.3, -0.25) is 0 Å². The van der Waals surface area contributed by atoms with Gasteiger partial charge in [0.15, 0.2) is 0 Å². The maximum absolute atomic E-state index is 11.7. The monoisotopic (exact) mass is 343 g/mol. The number of aromatic nitrogens is 2. The molecule has 3 rings (SSSR count). The number of nitrogens with zero attached hydrogens (tertiary/aromatic N) is 2. The van der Waals surface area contributed by atoms with Crippen LogP contribution in [0.1, 0.15) is 30.5 Å². The van der Waals surface area contributed by atoms with Crippen LogP contribution in [0.2, 0.25) is 0 Å². The molecular weight excluding hydrogens is 318 g/mol. The van der Waals surface area contributed by atoms with Crippen LogP contribution in [0, 0.1) is 6.92 Å². The van der Waals surface area contributed by atoms with Crippen LogP contribution in [0.4, 0.5) is 4.79 Å². The second-order valence-electron chi connectivity index (χ2n) is 6.28. The maximum Gasteiger partial charge on any atom is 0.407 e. The standard InChI is InChI=1S/C19H25N3O3/c1-15-16(13-22(21-15)17-8-3-2-4-9-17)7-5-11-20-19(23)25-14-18-10-6-12-24-18/h2-4,8-9,13,18H,5-7,10-12,14H2,1H3,(H,20,23)/t18-/m0/s1. The lowest BCUT2D eigenvalue weighted by Crippen LogP contribution is -2.28. The zero-order chi connectivity index (χ0) is 17.5. The molecule has 1 fully saturated rings. The summed E-state index contributed by atoms with van der Waals surface area (Å²) in [6.07, 6.45) is 5.48. The van der Waals surface area contributed by atoms with Gasteiger partial charge in [0, 0.05) is 19.3 Å². The molecule has 1 aromatic carbocycles. The van der Waals surface area contributed by atoms with Crippen LogP contribution >= 0.6 is 0 Å². The molecule has 1 aliphatic rings. The predicted octanol–water partition coefficient (Wildman–Crippen LogP) is 3.02. The minimum absolute atomic E-state index is 0.0669. The van der Waals surface area contributed by atoms with E-state index in [1.165, 1.54) is 5.56 Å². The van der Waals surface area contributed by atoms with Crippen molar-refractivity contribution >= 4 is 6.09 Å². The molecule has 0 saturated carbocycles. The first-order chi connectivity index (χ1) is 12.2. The number of rotatable bonds is 7. The average Bonchev–Trinajstić information content (AvgIpc) is 3.28. The smallest absolute Gasteiger partial charge is 0.407 e. The van der Waals surface area contributed by atoms with Gasteiger partial charge in [-0.1, -0.05) is 18.2 Å². The Kier molecular flexibility index (Phi) is 6.06. The number of amides is 1. The highest BCUT2D eigenvalue weighted by molar-refractivity contribution is 5.67. The van der Waals surface area contributed by atoms with Crippen LogP contribution in [-0.4, -0.2) is 41.7 Å². The van der Waals surface area contributed by atoms with Gasteiger partial charge in [-0.05, 0) is 50.3 Å². The van der Waals surface area contributed by atoms with E-state index in [1.54, 1.807) is 0 Å². The van der Waals surface area contributed by atoms with E-state index in [1.807, 2.05) is 41.9 Å². The van der Waals surface area contributed by atoms with Crippen molar-refractivity contribution in [3.63, 3.8) is 0 Å². The minimum atomic E-state index is -0.368. The van der Waals surface area contributed by atoms with Crippen LogP contribution < -0.4 is 5.32 Å². The molecule has 2 aromatic rings. The Bertz CT molecular complexity index is 678. The highest BCUT2D eigenvalue weighted by atomic mass is 16.6. The lowest BCUT2D eigenvalue weighted by molar-refractivity contribution is 0.0439. The molecule has 0 bridgehead atoms. The Morgan fingerprint density at radius 3 is 3.00 bits per heavy atom. The largest absolute Gasteiger partial charge is 0.447 e. The van der Waals surface area contributed by atoms with Gasteiger partial charge in [-0.15, -0.1) is 0 Å². The fourth-order valence-electron chi connectivity index (χ4n) is 2.92. The van der Waals surface area contributed by atoms with Crippen molar-refractivity contribution in [3.8, 4) is 5.69 Å². The number of carbonyl (C=O) groups excluding carboxylic acids is 1. The molecule has 1 aliphatic heterocycles. The molecule has 1 amide bonds. The third kappa shape index (κ3) is 5.06. The molecule has 2 heterocycles. The second-order valence-corrected chi connectivity index (χ2v) is 6.28. The first kappa shape index (κ1) is 17.5. The summed E-state index contributed by atoms with van der Waals surface area (Å²) < 4.78 is 12.5. The number of hydrogen-bond acceptors (Lipinski definition) is 4. The van der Waals surface area contributed by atoms with Gasteiger partial charge in [0.1, 0.15) is 6.61 Å². The quantitative estimate of drug-likeness (QED) is 0.785. The number of hydrogen-bond donors (Lipinski definition) is 1. The van der Waals surface area contributed by atoms with Gasteiger partial charge in [-0.2, -0.15) is 5.10 Å². The van der Waals surface area contributed by atoms with E-state index in [0.29, 0.717) is 13.2 Å². The van der Waals surface area contributed by atoms with Crippen LogP contribution in [0.3, 0.4) is 0 Å². The van der Waals surface area contributed by atoms with Crippen LogP contribution in [-0.2, 0) is 15.9 Å². The SMILES string of the molecule is Cc1nn(-c2ccccc2)cc1CCCNC(=O)OC[C@@H]1CCCO1. The van der Waals surface area contributed by atoms with Crippen molar-refractivity contribution in [3.05, 3.63) is 47.8 Å². The molecule has 6 nitrogen and oxygen atoms in total. The number of nitrogens with one attached hydrogen (secondary N) is 1. The molecule has 0 aliphatic carbocycles. The van der Waals surface area contributed by atoms with Crippen LogP contribution in [0.25, 0.3) is 5.69 Å². The van der Waals surface area contributed by atoms with Crippen molar-refractivity contribution in [1.29, 1.82) is 0 Å². The maximum atomic E-state index is 11.7. The summed E-state index contributed by atoms with van der Waals surface area (Å²) in [6.45, 7) is 3.71. The zero-order valence-corrected chi connectivity index (χ0v) is 14.6. The van der Waals surface area contributed by atoms with E-state index in [9.17, 15) is 4.79 Å². The highest BCUT2D eigenvalue weighted by Gasteiger charge is 2.17. The summed E-state index contributed by atoms with van der Waals surface area (Å²) in [5.74, 6) is 0. The number of para-hydroxylation sites is 1. The minimum Gasteiger partial charge on any atom is -0.447 e. The molecule has 0 unspecified atom stereocenters. The van der Waals surface area contributed by atoms with E-state index >= 15 is 0 Å². The molecule has 1 atom stereocenters. The third-order valence-electron chi connectivity index (χ3n) is 4.34. The van der Waals surface area contributed by atoms with Crippen molar-refractivity contribution in [2.45, 2.75) is 38.7 Å². The van der Waals surface area contributed by atoms with E-state index in [2.05, 4.69) is 16.6 Å². The Morgan fingerprint density at radius 2 is 2.24 bits per heavy atom. The van der Waals surface area contributed by atoms with Crippen molar-refractivity contribution in [2.75, 3.05) is 19.8 Å². The molecule has 25 heavy (non-hydrogen) atoms. The Morgan fingerprint density at radius 1 is 1.40 bits per heavy atom. The number of benzene rings is 1. The topological polar surface area (TPSA) is 65.4 Å². The Labute approximate surface area is 148 Å². The summed E-state index contributed by atoms with van der Waals surface area (Å²) in [5, 5.41) is 7.35. The molecule has 0 radical (unpaired) electrons. The van der Waals surface area contributed by atoms with Gasteiger partial charge in [0.25, 0.3) is 0 Å². The number of carbonyl (C=O) groups is 1. The molecule has 1 aromatic heterocycles. The lowest BCUT2D eigenvalue weighted by atomic mass is 10.1. The Balaban J connectivity index is 1.38. The van der Waals surface area contributed by atoms with Crippen molar-refractivity contribution < 1.29 is 14.3 Å². The van der Waals surface area contributed by atoms with E-state index < -0.39 is 0 Å². The first-order valence-corrected chi connectivity index (χ1v) is 8.85. The fourth-order valence-corrected chi connectivity index (χ4v) is 2.92. The summed E-state index contributed by atoms with van der Waals surface area (Å²) in [6, 6.07) is 10.0. The van der Waals surface area contributed by atoms with Gasteiger partial charge in [0.2, 0.25) is 0 Å². The summed E-state index contributed by atoms with van der Waals surface area (Å²) >= 11 is 0. The van der Waals surface area contributed by atoms with Gasteiger partial charge in [0.05, 0.1) is 17.5 Å². The first-order valence-electron chi connectivity index (χ1n) is 8.85. The molecule has 1 saturated heterocycles. The summed E-state index contributed by atoms with van der Waals surface area (Å²) in [4.78, 5) is 11.7. The van der Waals surface area contributed by atoms with Crippen LogP contribution in [0.5, 0.6) is 0 Å². The number of ether oxygens (including phenoxy) is 2. The Hall–Kier alpha value is -2.34. The molecule has 134 valence electrons. The molecule has 1 N–H and O–H groups in total. The van der Waals surface area contributed by atoms with Crippen molar-refractivity contribution in [1.82, 2.24) is 15.1 Å². The number of alkyl carbamates (subject to hydrolysis) is 1. The van der Waals surface area contributed by atoms with E-state index in [4.69, 9.17) is 9.47 Å². The predicted molar refractivity (Wildman–Crippen MR) is 94.9 cm³/mol. The fraction of sp³-hybridized carbons (Fsp3) is 0.474. The van der Waals surface area contributed by atoms with E-state index in [-0.39, 0.29) is 12.2 Å². The van der Waals surface area contributed by atoms with Crippen LogP contribution in [0.15, 0.2) is 36.5 Å². The third-order valence-corrected chi connectivity index (χ3v) is 4.34. The highest BCUT2D eigenvalue weighted by Crippen LogP contribution is 2.13. The molecular formula is C19H25N3O3. The van der Waals surface area contributed by atoms with Gasteiger partial charge >= 0.3 is 6.09 Å². The molecule has 6 heteroatoms. The van der Waals surface area contributed by atoms with Gasteiger partial charge < -0.3 is 14.8 Å². The second kappa shape index (κ2) is 8.67. The molecule has 0 spiro atoms. The lowest BCUT2D eigenvalue weighted by Gasteiger charge is -2.10. The van der Waals surface area contributed by atoms with Gasteiger partial charge in [-0.25, -0.2) is 9.48 Å². The summed E-state index contributed by atoms with van der Waals surface area (Å²) in [5.41, 5.74) is 3.26. The van der Waals surface area contributed by atoms with E-state index in [0.717, 1.165) is 43.7 Å². The normalized spacial score (nSPS) is 16.8. The average molecular weight is 343 g/mol. The van der Waals surface area contributed by atoms with Crippen molar-refractivity contribution in [2.24, 2.45) is 0 Å². The summed E-state index contributed by atoms with van der Waals surface area (Å²) in [7, 11) is 0.